The standard InChI is InChI=1S/C24H29N5O/c30-24-21-10-3-4-11-22(21)25-26-29(24)14-6-13-27-15-17-28(18-16-27)23-12-5-8-19-7-1-2-9-20(19)23/h1-4,7,9-11,23H,5-6,8,12-18H2/t23-/m1/s1. The van der Waals surface area contributed by atoms with Gasteiger partial charge < -0.3 is 4.90 Å². The van der Waals surface area contributed by atoms with Crippen molar-refractivity contribution in [3.8, 4) is 0 Å². The summed E-state index contributed by atoms with van der Waals surface area (Å²) in [6.45, 7) is 6.04. The molecule has 1 aromatic heterocycles. The zero-order valence-corrected chi connectivity index (χ0v) is 17.4. The number of hydrogen-bond donors (Lipinski definition) is 0. The first-order chi connectivity index (χ1) is 14.8. The molecule has 1 atom stereocenters. The molecule has 2 aliphatic rings. The van der Waals surface area contributed by atoms with Crippen LogP contribution in [-0.4, -0.2) is 57.5 Å². The molecule has 0 spiro atoms. The van der Waals surface area contributed by atoms with Crippen LogP contribution in [0.2, 0.25) is 0 Å². The second-order valence-electron chi connectivity index (χ2n) is 8.47. The fourth-order valence-electron chi connectivity index (χ4n) is 5.02. The molecule has 3 aromatic rings. The molecule has 6 heteroatoms. The number of aryl methyl sites for hydroxylation is 2. The monoisotopic (exact) mass is 403 g/mol. The minimum atomic E-state index is -0.0404. The lowest BCUT2D eigenvalue weighted by Gasteiger charge is -2.41. The van der Waals surface area contributed by atoms with Crippen molar-refractivity contribution in [2.45, 2.75) is 38.3 Å². The molecule has 156 valence electrons. The second kappa shape index (κ2) is 8.66. The Kier molecular flexibility index (Phi) is 5.60. The number of fused-ring (bicyclic) bond motifs is 2. The average molecular weight is 404 g/mol. The zero-order valence-electron chi connectivity index (χ0n) is 17.4. The molecule has 1 saturated heterocycles. The van der Waals surface area contributed by atoms with E-state index in [0.717, 1.165) is 39.1 Å². The molecule has 0 amide bonds. The number of nitrogens with zero attached hydrogens (tertiary/aromatic N) is 5. The third kappa shape index (κ3) is 3.89. The molecular formula is C24H29N5O. The molecule has 2 aromatic carbocycles. The van der Waals surface area contributed by atoms with Crippen molar-refractivity contribution >= 4 is 10.9 Å². The van der Waals surface area contributed by atoms with Gasteiger partial charge in [0, 0.05) is 45.3 Å². The predicted octanol–water partition coefficient (Wildman–Crippen LogP) is 2.88. The molecular weight excluding hydrogens is 374 g/mol. The Morgan fingerprint density at radius 2 is 1.73 bits per heavy atom. The molecule has 0 unspecified atom stereocenters. The van der Waals surface area contributed by atoms with Crippen LogP contribution in [0.15, 0.2) is 53.3 Å². The smallest absolute Gasteiger partial charge is 0.277 e. The number of aromatic nitrogens is 3. The lowest BCUT2D eigenvalue weighted by atomic mass is 9.86. The lowest BCUT2D eigenvalue weighted by Crippen LogP contribution is -2.48. The highest BCUT2D eigenvalue weighted by atomic mass is 16.1. The molecule has 1 aliphatic carbocycles. The summed E-state index contributed by atoms with van der Waals surface area (Å²) in [4.78, 5) is 17.8. The third-order valence-corrected chi connectivity index (χ3v) is 6.66. The van der Waals surface area contributed by atoms with E-state index in [-0.39, 0.29) is 5.56 Å². The minimum absolute atomic E-state index is 0.0404. The van der Waals surface area contributed by atoms with E-state index in [4.69, 9.17) is 0 Å². The fraction of sp³-hybridized carbons (Fsp3) is 0.458. The molecule has 2 heterocycles. The van der Waals surface area contributed by atoms with Crippen molar-refractivity contribution < 1.29 is 0 Å². The van der Waals surface area contributed by atoms with Gasteiger partial charge >= 0.3 is 0 Å². The first-order valence-corrected chi connectivity index (χ1v) is 11.2. The third-order valence-electron chi connectivity index (χ3n) is 6.66. The highest BCUT2D eigenvalue weighted by molar-refractivity contribution is 5.76. The highest BCUT2D eigenvalue weighted by Crippen LogP contribution is 2.34. The van der Waals surface area contributed by atoms with Crippen molar-refractivity contribution in [1.29, 1.82) is 0 Å². The van der Waals surface area contributed by atoms with E-state index in [1.54, 1.807) is 5.56 Å². The summed E-state index contributed by atoms with van der Waals surface area (Å²) in [6, 6.07) is 17.0. The van der Waals surface area contributed by atoms with Gasteiger partial charge in [-0.05, 0) is 48.9 Å². The summed E-state index contributed by atoms with van der Waals surface area (Å²) in [5.74, 6) is 0. The first-order valence-electron chi connectivity index (χ1n) is 11.2. The fourth-order valence-corrected chi connectivity index (χ4v) is 5.02. The van der Waals surface area contributed by atoms with E-state index < -0.39 is 0 Å². The van der Waals surface area contributed by atoms with E-state index in [1.807, 2.05) is 24.3 Å². The molecule has 5 rings (SSSR count). The van der Waals surface area contributed by atoms with Crippen molar-refractivity contribution in [3.63, 3.8) is 0 Å². The normalized spacial score (nSPS) is 20.3. The Balaban J connectivity index is 1.14. The lowest BCUT2D eigenvalue weighted by molar-refractivity contribution is 0.0865. The van der Waals surface area contributed by atoms with Gasteiger partial charge in [0.2, 0.25) is 0 Å². The van der Waals surface area contributed by atoms with Crippen LogP contribution in [0.3, 0.4) is 0 Å². The Morgan fingerprint density at radius 1 is 0.933 bits per heavy atom. The molecule has 0 radical (unpaired) electrons. The summed E-state index contributed by atoms with van der Waals surface area (Å²) >= 11 is 0. The quantitative estimate of drug-likeness (QED) is 0.656. The van der Waals surface area contributed by atoms with Crippen molar-refractivity contribution in [1.82, 2.24) is 24.8 Å². The van der Waals surface area contributed by atoms with Crippen LogP contribution in [0, 0.1) is 0 Å². The Labute approximate surface area is 177 Å². The molecule has 6 nitrogen and oxygen atoms in total. The molecule has 30 heavy (non-hydrogen) atoms. The molecule has 1 aliphatic heterocycles. The topological polar surface area (TPSA) is 54.3 Å². The van der Waals surface area contributed by atoms with E-state index >= 15 is 0 Å². The van der Waals surface area contributed by atoms with Crippen LogP contribution >= 0.6 is 0 Å². The van der Waals surface area contributed by atoms with E-state index in [9.17, 15) is 4.79 Å². The van der Waals surface area contributed by atoms with E-state index in [1.165, 1.54) is 29.5 Å². The average Bonchev–Trinajstić information content (AvgIpc) is 2.81. The Bertz CT molecular complexity index is 1070. The SMILES string of the molecule is O=c1c2ccccc2nnn1CCCN1CCN([C@@H]2CCCc3ccccc32)CC1. The van der Waals surface area contributed by atoms with Gasteiger partial charge in [-0.1, -0.05) is 41.6 Å². The van der Waals surface area contributed by atoms with Crippen LogP contribution in [0.5, 0.6) is 0 Å². The molecule has 1 fully saturated rings. The van der Waals surface area contributed by atoms with Crippen LogP contribution in [-0.2, 0) is 13.0 Å². The summed E-state index contributed by atoms with van der Waals surface area (Å²) < 4.78 is 1.51. The minimum Gasteiger partial charge on any atom is -0.301 e. The zero-order chi connectivity index (χ0) is 20.3. The number of rotatable bonds is 5. The Hall–Kier alpha value is -2.57. The van der Waals surface area contributed by atoms with Crippen molar-refractivity contribution in [2.24, 2.45) is 0 Å². The highest BCUT2D eigenvalue weighted by Gasteiger charge is 2.28. The predicted molar refractivity (Wildman–Crippen MR) is 119 cm³/mol. The van der Waals surface area contributed by atoms with Gasteiger partial charge in [-0.3, -0.25) is 9.69 Å². The van der Waals surface area contributed by atoms with Gasteiger partial charge in [-0.2, -0.15) is 0 Å². The van der Waals surface area contributed by atoms with Gasteiger partial charge in [0.25, 0.3) is 5.56 Å². The molecule has 0 bridgehead atoms. The molecule has 0 N–H and O–H groups in total. The first kappa shape index (κ1) is 19.4. The van der Waals surface area contributed by atoms with Gasteiger partial charge in [0.15, 0.2) is 0 Å². The van der Waals surface area contributed by atoms with Crippen molar-refractivity contribution in [2.75, 3.05) is 32.7 Å². The van der Waals surface area contributed by atoms with Gasteiger partial charge in [0.05, 0.1) is 5.39 Å². The van der Waals surface area contributed by atoms with Crippen molar-refractivity contribution in [3.05, 3.63) is 70.0 Å². The summed E-state index contributed by atoms with van der Waals surface area (Å²) in [7, 11) is 0. The summed E-state index contributed by atoms with van der Waals surface area (Å²) in [6.07, 6.45) is 4.72. The van der Waals surface area contributed by atoms with Gasteiger partial charge in [0.1, 0.15) is 5.52 Å². The summed E-state index contributed by atoms with van der Waals surface area (Å²) in [5.41, 5.74) is 3.71. The van der Waals surface area contributed by atoms with Crippen LogP contribution in [0.25, 0.3) is 10.9 Å². The number of hydrogen-bond acceptors (Lipinski definition) is 5. The number of piperazine rings is 1. The maximum atomic E-state index is 12.6. The largest absolute Gasteiger partial charge is 0.301 e. The maximum absolute atomic E-state index is 12.6. The van der Waals surface area contributed by atoms with E-state index in [0.29, 0.717) is 23.5 Å². The Morgan fingerprint density at radius 3 is 2.63 bits per heavy atom. The van der Waals surface area contributed by atoms with Crippen LogP contribution in [0.1, 0.15) is 36.4 Å². The summed E-state index contributed by atoms with van der Waals surface area (Å²) in [5, 5.41) is 8.94. The number of benzene rings is 2. The van der Waals surface area contributed by atoms with E-state index in [2.05, 4.69) is 44.4 Å². The maximum Gasteiger partial charge on any atom is 0.277 e. The van der Waals surface area contributed by atoms with Crippen LogP contribution in [0.4, 0.5) is 0 Å². The van der Waals surface area contributed by atoms with Gasteiger partial charge in [-0.25, -0.2) is 4.68 Å². The van der Waals surface area contributed by atoms with Crippen LogP contribution < -0.4 is 5.56 Å². The molecule has 0 saturated carbocycles. The van der Waals surface area contributed by atoms with Gasteiger partial charge in [-0.15, -0.1) is 5.10 Å². The second-order valence-corrected chi connectivity index (χ2v) is 8.47.